The molecule has 1 unspecified atom stereocenters. The fraction of sp³-hybridized carbons (Fsp3) is 0.0769. The van der Waals surface area contributed by atoms with Gasteiger partial charge in [0.15, 0.2) is 0 Å². The second-order valence-electron chi connectivity index (χ2n) is 4.34. The molecule has 3 rings (SSSR count). The lowest BCUT2D eigenvalue weighted by Gasteiger charge is -2.05. The second kappa shape index (κ2) is 5.06. The molecule has 21 heavy (non-hydrogen) atoms. The predicted octanol–water partition coefficient (Wildman–Crippen LogP) is 2.07. The molecule has 0 saturated heterocycles. The topological polar surface area (TPSA) is 90.9 Å². The Bertz CT molecular complexity index is 875. The van der Waals surface area contributed by atoms with Crippen LogP contribution in [0.25, 0.3) is 16.7 Å². The van der Waals surface area contributed by atoms with Gasteiger partial charge in [-0.2, -0.15) is 0 Å². The summed E-state index contributed by atoms with van der Waals surface area (Å²) in [6, 6.07) is 8.08. The van der Waals surface area contributed by atoms with Crippen LogP contribution in [0.15, 0.2) is 47.9 Å². The molecule has 0 fully saturated rings. The number of nitro groups is 1. The minimum Gasteiger partial charge on any atom is -0.301 e. The van der Waals surface area contributed by atoms with Crippen LogP contribution in [0.2, 0.25) is 0 Å². The first-order chi connectivity index (χ1) is 10.1. The minimum atomic E-state index is -1.27. The Morgan fingerprint density at radius 2 is 2.10 bits per heavy atom. The van der Waals surface area contributed by atoms with Gasteiger partial charge in [0.2, 0.25) is 5.16 Å². The van der Waals surface area contributed by atoms with Crippen molar-refractivity contribution in [1.82, 2.24) is 14.5 Å². The minimum absolute atomic E-state index is 0.0401. The van der Waals surface area contributed by atoms with Crippen LogP contribution < -0.4 is 0 Å². The van der Waals surface area contributed by atoms with Gasteiger partial charge in [0.1, 0.15) is 5.82 Å². The molecule has 1 aromatic carbocycles. The van der Waals surface area contributed by atoms with Gasteiger partial charge >= 0.3 is 0 Å². The Kier molecular flexibility index (Phi) is 3.22. The number of non-ortho nitro benzene ring substituents is 1. The number of fused-ring (bicyclic) bond motifs is 1. The van der Waals surface area contributed by atoms with E-state index in [2.05, 4.69) is 9.97 Å². The highest BCUT2D eigenvalue weighted by molar-refractivity contribution is 7.84. The molecule has 0 aliphatic rings. The molecule has 0 bridgehead atoms. The Hall–Kier alpha value is -2.61. The number of benzene rings is 1. The molecule has 0 amide bonds. The van der Waals surface area contributed by atoms with Gasteiger partial charge in [-0.05, 0) is 18.2 Å². The van der Waals surface area contributed by atoms with Gasteiger partial charge in [-0.1, -0.05) is 0 Å². The van der Waals surface area contributed by atoms with E-state index in [1.165, 1.54) is 24.6 Å². The average molecular weight is 302 g/mol. The standard InChI is InChI=1S/C13H10N4O3S/c1-21(20)13-14-6-4-12(15-13)16-7-5-9-8-10(17(18)19)2-3-11(9)16/h2-8H,1H3. The van der Waals surface area contributed by atoms with E-state index < -0.39 is 15.7 Å². The zero-order chi connectivity index (χ0) is 15.0. The SMILES string of the molecule is CS(=O)c1nccc(-n2ccc3cc([N+](=O)[O-])ccc32)n1. The molecule has 0 radical (unpaired) electrons. The van der Waals surface area contributed by atoms with Crippen LogP contribution in [0.4, 0.5) is 5.69 Å². The van der Waals surface area contributed by atoms with Crippen molar-refractivity contribution in [2.75, 3.05) is 6.26 Å². The maximum atomic E-state index is 11.5. The van der Waals surface area contributed by atoms with Gasteiger partial charge < -0.3 is 4.57 Å². The summed E-state index contributed by atoms with van der Waals surface area (Å²) >= 11 is 0. The van der Waals surface area contributed by atoms with Crippen LogP contribution in [0, 0.1) is 10.1 Å². The monoisotopic (exact) mass is 302 g/mol. The number of nitrogens with zero attached hydrogens (tertiary/aromatic N) is 4. The first-order valence-corrected chi connectivity index (χ1v) is 7.54. The van der Waals surface area contributed by atoms with Gasteiger partial charge in [-0.25, -0.2) is 9.97 Å². The van der Waals surface area contributed by atoms with Gasteiger partial charge in [0, 0.05) is 36.2 Å². The Morgan fingerprint density at radius 1 is 1.29 bits per heavy atom. The second-order valence-corrected chi connectivity index (χ2v) is 5.61. The predicted molar refractivity (Wildman–Crippen MR) is 77.9 cm³/mol. The van der Waals surface area contributed by atoms with Crippen molar-refractivity contribution in [3.63, 3.8) is 0 Å². The summed E-state index contributed by atoms with van der Waals surface area (Å²) in [6.07, 6.45) is 4.81. The first-order valence-electron chi connectivity index (χ1n) is 5.98. The Balaban J connectivity index is 2.15. The normalized spacial score (nSPS) is 12.4. The van der Waals surface area contributed by atoms with Crippen LogP contribution in [-0.2, 0) is 10.8 Å². The van der Waals surface area contributed by atoms with E-state index in [1.807, 2.05) is 0 Å². The van der Waals surface area contributed by atoms with Crippen LogP contribution >= 0.6 is 0 Å². The fourth-order valence-electron chi connectivity index (χ4n) is 2.05. The molecule has 2 aromatic heterocycles. The van der Waals surface area contributed by atoms with E-state index in [-0.39, 0.29) is 10.8 Å². The van der Waals surface area contributed by atoms with Crippen LogP contribution in [-0.4, -0.2) is 29.9 Å². The quantitative estimate of drug-likeness (QED) is 0.419. The molecule has 7 nitrogen and oxygen atoms in total. The van der Waals surface area contributed by atoms with Gasteiger partial charge in [-0.3, -0.25) is 14.3 Å². The third-order valence-electron chi connectivity index (χ3n) is 3.01. The van der Waals surface area contributed by atoms with E-state index in [4.69, 9.17) is 0 Å². The van der Waals surface area contributed by atoms with Crippen LogP contribution in [0.1, 0.15) is 0 Å². The molecule has 0 aliphatic carbocycles. The van der Waals surface area contributed by atoms with Crippen molar-refractivity contribution in [3.8, 4) is 5.82 Å². The van der Waals surface area contributed by atoms with E-state index in [0.29, 0.717) is 5.82 Å². The molecule has 0 spiro atoms. The van der Waals surface area contributed by atoms with Crippen LogP contribution in [0.3, 0.4) is 0 Å². The fourth-order valence-corrected chi connectivity index (χ4v) is 2.48. The smallest absolute Gasteiger partial charge is 0.270 e. The molecule has 0 N–H and O–H groups in total. The number of nitro benzene ring substituents is 1. The molecule has 106 valence electrons. The molecular formula is C13H10N4O3S. The van der Waals surface area contributed by atoms with Crippen molar-refractivity contribution in [2.45, 2.75) is 5.16 Å². The summed E-state index contributed by atoms with van der Waals surface area (Å²) in [4.78, 5) is 18.5. The lowest BCUT2D eigenvalue weighted by Crippen LogP contribution is -2.02. The molecule has 8 heteroatoms. The van der Waals surface area contributed by atoms with Gasteiger partial charge in [0.25, 0.3) is 5.69 Å². The van der Waals surface area contributed by atoms with Gasteiger partial charge in [-0.15, -0.1) is 0 Å². The zero-order valence-corrected chi connectivity index (χ0v) is 11.8. The Morgan fingerprint density at radius 3 is 2.81 bits per heavy atom. The molecule has 2 heterocycles. The van der Waals surface area contributed by atoms with E-state index >= 15 is 0 Å². The summed E-state index contributed by atoms with van der Waals surface area (Å²) in [5, 5.41) is 11.8. The number of hydrogen-bond acceptors (Lipinski definition) is 5. The first kappa shape index (κ1) is 13.4. The highest BCUT2D eigenvalue weighted by atomic mass is 32.2. The highest BCUT2D eigenvalue weighted by Crippen LogP contribution is 2.24. The zero-order valence-electron chi connectivity index (χ0n) is 11.0. The number of rotatable bonds is 3. The lowest BCUT2D eigenvalue weighted by molar-refractivity contribution is -0.384. The molecular weight excluding hydrogens is 292 g/mol. The van der Waals surface area contributed by atoms with E-state index in [1.54, 1.807) is 29.0 Å². The third kappa shape index (κ3) is 2.40. The highest BCUT2D eigenvalue weighted by Gasteiger charge is 2.11. The van der Waals surface area contributed by atoms with Crippen LogP contribution in [0.5, 0.6) is 0 Å². The number of hydrogen-bond donors (Lipinski definition) is 0. The number of aromatic nitrogens is 3. The van der Waals surface area contributed by atoms with Gasteiger partial charge in [0.05, 0.1) is 21.2 Å². The van der Waals surface area contributed by atoms with Crippen molar-refractivity contribution < 1.29 is 9.13 Å². The van der Waals surface area contributed by atoms with E-state index in [0.717, 1.165) is 10.9 Å². The largest absolute Gasteiger partial charge is 0.301 e. The van der Waals surface area contributed by atoms with Crippen molar-refractivity contribution in [2.24, 2.45) is 0 Å². The third-order valence-corrected chi connectivity index (χ3v) is 3.72. The molecule has 3 aromatic rings. The van der Waals surface area contributed by atoms with E-state index in [9.17, 15) is 14.3 Å². The summed E-state index contributed by atoms with van der Waals surface area (Å²) < 4.78 is 13.2. The molecule has 0 saturated carbocycles. The van der Waals surface area contributed by atoms with Crippen molar-refractivity contribution in [1.29, 1.82) is 0 Å². The average Bonchev–Trinajstić information content (AvgIpc) is 2.90. The van der Waals surface area contributed by atoms with Crippen molar-refractivity contribution >= 4 is 27.4 Å². The van der Waals surface area contributed by atoms with Crippen molar-refractivity contribution in [3.05, 3.63) is 52.8 Å². The summed E-state index contributed by atoms with van der Waals surface area (Å²) in [7, 11) is -1.27. The maximum Gasteiger partial charge on any atom is 0.270 e. The maximum absolute atomic E-state index is 11.5. The summed E-state index contributed by atoms with van der Waals surface area (Å²) in [5.74, 6) is 0.569. The summed E-state index contributed by atoms with van der Waals surface area (Å²) in [5.41, 5.74) is 0.824. The molecule has 0 aliphatic heterocycles. The molecule has 1 atom stereocenters. The lowest BCUT2D eigenvalue weighted by atomic mass is 10.2. The summed E-state index contributed by atoms with van der Waals surface area (Å²) in [6.45, 7) is 0. The Labute approximate surface area is 121 Å².